The van der Waals surface area contributed by atoms with Gasteiger partial charge in [0.05, 0.1) is 12.2 Å². The molecule has 1 saturated heterocycles. The first-order chi connectivity index (χ1) is 8.24. The lowest BCUT2D eigenvalue weighted by Crippen LogP contribution is -2.46. The largest absolute Gasteiger partial charge is 0.492 e. The summed E-state index contributed by atoms with van der Waals surface area (Å²) in [6.45, 7) is 7.96. The summed E-state index contributed by atoms with van der Waals surface area (Å²) in [6.07, 6.45) is 0.658. The van der Waals surface area contributed by atoms with Gasteiger partial charge in [-0.25, -0.2) is 0 Å². The van der Waals surface area contributed by atoms with Crippen LogP contribution >= 0.6 is 0 Å². The molecule has 0 N–H and O–H groups in total. The Labute approximate surface area is 103 Å². The molecule has 0 aliphatic carbocycles. The highest BCUT2D eigenvalue weighted by Crippen LogP contribution is 2.11. The molecule has 0 aromatic heterocycles. The summed E-state index contributed by atoms with van der Waals surface area (Å²) in [7, 11) is 0. The first-order valence-electron chi connectivity index (χ1n) is 6.29. The van der Waals surface area contributed by atoms with E-state index in [2.05, 4.69) is 18.7 Å². The van der Waals surface area contributed by atoms with Gasteiger partial charge in [0.2, 0.25) is 0 Å². The molecule has 2 rings (SSSR count). The van der Waals surface area contributed by atoms with Gasteiger partial charge in [0, 0.05) is 19.6 Å². The van der Waals surface area contributed by atoms with Gasteiger partial charge < -0.3 is 9.47 Å². The monoisotopic (exact) mass is 235 g/mol. The second kappa shape index (κ2) is 6.03. The van der Waals surface area contributed by atoms with Crippen molar-refractivity contribution in [2.24, 2.45) is 0 Å². The molecule has 2 unspecified atom stereocenters. The predicted octanol–water partition coefficient (Wildman–Crippen LogP) is 2.17. The van der Waals surface area contributed by atoms with Crippen LogP contribution in [0.25, 0.3) is 0 Å². The lowest BCUT2D eigenvalue weighted by molar-refractivity contribution is -0.0699. The van der Waals surface area contributed by atoms with Gasteiger partial charge in [-0.05, 0) is 26.0 Å². The molecule has 17 heavy (non-hydrogen) atoms. The molecule has 1 aliphatic heterocycles. The van der Waals surface area contributed by atoms with E-state index >= 15 is 0 Å². The Morgan fingerprint density at radius 3 is 2.47 bits per heavy atom. The van der Waals surface area contributed by atoms with Gasteiger partial charge in [0.15, 0.2) is 0 Å². The molecule has 1 aromatic carbocycles. The summed E-state index contributed by atoms with van der Waals surface area (Å²) in [5, 5.41) is 0. The Kier molecular flexibility index (Phi) is 4.40. The summed E-state index contributed by atoms with van der Waals surface area (Å²) in [5.74, 6) is 0.946. The van der Waals surface area contributed by atoms with Crippen molar-refractivity contribution in [3.63, 3.8) is 0 Å². The van der Waals surface area contributed by atoms with Crippen molar-refractivity contribution in [1.82, 2.24) is 4.90 Å². The van der Waals surface area contributed by atoms with E-state index in [1.807, 2.05) is 30.3 Å². The van der Waals surface area contributed by atoms with Crippen molar-refractivity contribution >= 4 is 0 Å². The van der Waals surface area contributed by atoms with Crippen molar-refractivity contribution in [3.8, 4) is 5.75 Å². The summed E-state index contributed by atoms with van der Waals surface area (Å²) in [4.78, 5) is 2.40. The maximum Gasteiger partial charge on any atom is 0.119 e. The number of rotatable bonds is 4. The molecule has 0 radical (unpaired) electrons. The van der Waals surface area contributed by atoms with E-state index < -0.39 is 0 Å². The normalized spacial score (nSPS) is 25.8. The minimum absolute atomic E-state index is 0.329. The Morgan fingerprint density at radius 1 is 1.18 bits per heavy atom. The minimum Gasteiger partial charge on any atom is -0.492 e. The highest BCUT2D eigenvalue weighted by atomic mass is 16.5. The van der Waals surface area contributed by atoms with E-state index in [1.54, 1.807) is 0 Å². The van der Waals surface area contributed by atoms with Gasteiger partial charge >= 0.3 is 0 Å². The zero-order chi connectivity index (χ0) is 12.1. The van der Waals surface area contributed by atoms with Crippen LogP contribution in [-0.2, 0) is 4.74 Å². The van der Waals surface area contributed by atoms with Gasteiger partial charge in [-0.2, -0.15) is 0 Å². The molecule has 1 aromatic rings. The van der Waals surface area contributed by atoms with Crippen molar-refractivity contribution in [1.29, 1.82) is 0 Å². The van der Waals surface area contributed by atoms with Crippen molar-refractivity contribution in [3.05, 3.63) is 30.3 Å². The molecular weight excluding hydrogens is 214 g/mol. The molecule has 1 fully saturated rings. The summed E-state index contributed by atoms with van der Waals surface area (Å²) >= 11 is 0. The zero-order valence-corrected chi connectivity index (χ0v) is 10.6. The quantitative estimate of drug-likeness (QED) is 0.798. The van der Waals surface area contributed by atoms with Crippen LogP contribution in [0.2, 0.25) is 0 Å². The number of morpholine rings is 1. The Bertz CT molecular complexity index is 318. The van der Waals surface area contributed by atoms with Crippen LogP contribution in [0, 0.1) is 0 Å². The number of para-hydroxylation sites is 1. The average molecular weight is 235 g/mol. The van der Waals surface area contributed by atoms with Gasteiger partial charge in [-0.3, -0.25) is 4.90 Å². The molecule has 1 heterocycles. The molecule has 2 atom stereocenters. The SMILES string of the molecule is CC1CN(CCOc2ccccc2)CC(C)O1. The standard InChI is InChI=1S/C14H21NO2/c1-12-10-15(11-13(2)17-12)8-9-16-14-6-4-3-5-7-14/h3-7,12-13H,8-11H2,1-2H3. The molecule has 1 aliphatic rings. The van der Waals surface area contributed by atoms with Gasteiger partial charge in [0.25, 0.3) is 0 Å². The van der Waals surface area contributed by atoms with Crippen LogP contribution < -0.4 is 4.74 Å². The first kappa shape index (κ1) is 12.4. The Balaban J connectivity index is 1.71. The molecule has 0 spiro atoms. The molecule has 0 bridgehead atoms. The number of benzene rings is 1. The number of hydrogen-bond donors (Lipinski definition) is 0. The lowest BCUT2D eigenvalue weighted by Gasteiger charge is -2.35. The molecule has 0 saturated carbocycles. The third kappa shape index (κ3) is 4.02. The van der Waals surface area contributed by atoms with Crippen LogP contribution in [0.3, 0.4) is 0 Å². The molecule has 0 amide bonds. The topological polar surface area (TPSA) is 21.7 Å². The van der Waals surface area contributed by atoms with E-state index in [0.717, 1.165) is 32.0 Å². The third-order valence-electron chi connectivity index (χ3n) is 2.91. The molecule has 3 heteroatoms. The van der Waals surface area contributed by atoms with Gasteiger partial charge in [-0.15, -0.1) is 0 Å². The van der Waals surface area contributed by atoms with E-state index in [-0.39, 0.29) is 0 Å². The van der Waals surface area contributed by atoms with Crippen molar-refractivity contribution in [2.45, 2.75) is 26.1 Å². The van der Waals surface area contributed by atoms with Crippen LogP contribution in [0.15, 0.2) is 30.3 Å². The van der Waals surface area contributed by atoms with Crippen LogP contribution in [-0.4, -0.2) is 43.3 Å². The highest BCUT2D eigenvalue weighted by molar-refractivity contribution is 5.20. The number of nitrogens with zero attached hydrogens (tertiary/aromatic N) is 1. The maximum atomic E-state index is 5.70. The summed E-state index contributed by atoms with van der Waals surface area (Å²) < 4.78 is 11.4. The average Bonchev–Trinajstić information content (AvgIpc) is 2.29. The fourth-order valence-corrected chi connectivity index (χ4v) is 2.28. The lowest BCUT2D eigenvalue weighted by atomic mass is 10.2. The first-order valence-corrected chi connectivity index (χ1v) is 6.29. The van der Waals surface area contributed by atoms with Crippen LogP contribution in [0.4, 0.5) is 0 Å². The summed E-state index contributed by atoms with van der Waals surface area (Å²) in [6, 6.07) is 9.97. The molecule has 94 valence electrons. The van der Waals surface area contributed by atoms with Crippen molar-refractivity contribution in [2.75, 3.05) is 26.2 Å². The molecule has 3 nitrogen and oxygen atoms in total. The van der Waals surface area contributed by atoms with Gasteiger partial charge in [0.1, 0.15) is 12.4 Å². The smallest absolute Gasteiger partial charge is 0.119 e. The Hall–Kier alpha value is -1.06. The van der Waals surface area contributed by atoms with E-state index in [1.165, 1.54) is 0 Å². The minimum atomic E-state index is 0.329. The fourth-order valence-electron chi connectivity index (χ4n) is 2.28. The van der Waals surface area contributed by atoms with E-state index in [9.17, 15) is 0 Å². The fraction of sp³-hybridized carbons (Fsp3) is 0.571. The van der Waals surface area contributed by atoms with Crippen molar-refractivity contribution < 1.29 is 9.47 Å². The van der Waals surface area contributed by atoms with Gasteiger partial charge in [-0.1, -0.05) is 18.2 Å². The molecular formula is C14H21NO2. The third-order valence-corrected chi connectivity index (χ3v) is 2.91. The highest BCUT2D eigenvalue weighted by Gasteiger charge is 2.21. The van der Waals surface area contributed by atoms with E-state index in [0.29, 0.717) is 12.2 Å². The van der Waals surface area contributed by atoms with E-state index in [4.69, 9.17) is 9.47 Å². The maximum absolute atomic E-state index is 5.70. The number of ether oxygens (including phenoxy) is 2. The zero-order valence-electron chi connectivity index (χ0n) is 10.6. The second-order valence-corrected chi connectivity index (χ2v) is 4.68. The number of hydrogen-bond acceptors (Lipinski definition) is 3. The van der Waals surface area contributed by atoms with Crippen LogP contribution in [0.1, 0.15) is 13.8 Å². The predicted molar refractivity (Wildman–Crippen MR) is 68.4 cm³/mol. The van der Waals surface area contributed by atoms with Crippen LogP contribution in [0.5, 0.6) is 5.75 Å². The Morgan fingerprint density at radius 2 is 1.82 bits per heavy atom. The summed E-state index contributed by atoms with van der Waals surface area (Å²) in [5.41, 5.74) is 0. The second-order valence-electron chi connectivity index (χ2n) is 4.68.